The quantitative estimate of drug-likeness (QED) is 0.201. The molecule has 0 aliphatic carbocycles. The van der Waals surface area contributed by atoms with E-state index >= 15 is 0 Å². The molecule has 0 amide bonds. The number of furan rings is 1. The van der Waals surface area contributed by atoms with E-state index in [1.807, 2.05) is 79.0 Å². The highest BCUT2D eigenvalue weighted by molar-refractivity contribution is 9.10. The number of hydrogen-bond donors (Lipinski definition) is 0. The first kappa shape index (κ1) is 24.6. The van der Waals surface area contributed by atoms with Gasteiger partial charge in [0.05, 0.1) is 16.9 Å². The molecule has 0 aliphatic heterocycles. The molecule has 0 atom stereocenters. The number of aromatic nitrogens is 3. The van der Waals surface area contributed by atoms with Crippen LogP contribution in [0.2, 0.25) is 0 Å². The van der Waals surface area contributed by atoms with Crippen molar-refractivity contribution in [2.45, 2.75) is 0 Å². The average molecular weight is 605 g/mol. The average Bonchev–Trinajstić information content (AvgIpc) is 3.43. The molecule has 0 spiro atoms. The van der Waals surface area contributed by atoms with Gasteiger partial charge in [0.15, 0.2) is 5.82 Å². The summed E-state index contributed by atoms with van der Waals surface area (Å²) in [4.78, 5) is 14.8. The van der Waals surface area contributed by atoms with Crippen molar-refractivity contribution in [2.24, 2.45) is 0 Å². The molecule has 0 aliphatic rings. The Balaban J connectivity index is 1.37. The third kappa shape index (κ3) is 4.26. The Kier molecular flexibility index (Phi) is 5.90. The topological polar surface area (TPSA) is 51.8 Å². The van der Waals surface area contributed by atoms with Crippen molar-refractivity contribution in [3.05, 3.63) is 138 Å². The Labute approximate surface area is 250 Å². The third-order valence-electron chi connectivity index (χ3n) is 7.59. The van der Waals surface area contributed by atoms with Gasteiger partial charge in [-0.2, -0.15) is 0 Å². The van der Waals surface area contributed by atoms with Crippen molar-refractivity contribution >= 4 is 48.8 Å². The molecule has 3 aromatic heterocycles. The first-order chi connectivity index (χ1) is 20.7. The number of rotatable bonds is 4. The second-order valence-electron chi connectivity index (χ2n) is 10.2. The van der Waals surface area contributed by atoms with Crippen molar-refractivity contribution in [3.63, 3.8) is 0 Å². The molecule has 8 rings (SSSR count). The number of pyridine rings is 1. The predicted molar refractivity (Wildman–Crippen MR) is 174 cm³/mol. The molecule has 3 heterocycles. The molecule has 8 aromatic rings. The zero-order valence-electron chi connectivity index (χ0n) is 22.3. The summed E-state index contributed by atoms with van der Waals surface area (Å²) in [6, 6.07) is 43.3. The highest BCUT2D eigenvalue weighted by atomic mass is 79.9. The summed E-state index contributed by atoms with van der Waals surface area (Å²) >= 11 is 3.78. The van der Waals surface area contributed by atoms with Crippen LogP contribution in [0.25, 0.3) is 77.9 Å². The van der Waals surface area contributed by atoms with Gasteiger partial charge in [0.2, 0.25) is 0 Å². The Morgan fingerprint density at radius 2 is 1.26 bits per heavy atom. The largest absolute Gasteiger partial charge is 0.456 e. The number of halogens is 1. The van der Waals surface area contributed by atoms with Gasteiger partial charge in [-0.1, -0.05) is 94.8 Å². The minimum absolute atomic E-state index is 0.670. The molecular formula is C37H22BrN3O. The van der Waals surface area contributed by atoms with E-state index in [0.29, 0.717) is 5.82 Å². The monoisotopic (exact) mass is 603 g/mol. The van der Waals surface area contributed by atoms with E-state index in [0.717, 1.165) is 76.5 Å². The molecule has 42 heavy (non-hydrogen) atoms. The molecule has 0 fully saturated rings. The lowest BCUT2D eigenvalue weighted by molar-refractivity contribution is 0.669. The highest BCUT2D eigenvalue weighted by Gasteiger charge is 2.17. The molecule has 5 aromatic carbocycles. The van der Waals surface area contributed by atoms with Crippen molar-refractivity contribution in [2.75, 3.05) is 0 Å². The van der Waals surface area contributed by atoms with E-state index in [1.165, 1.54) is 0 Å². The van der Waals surface area contributed by atoms with Crippen LogP contribution in [0, 0.1) is 0 Å². The van der Waals surface area contributed by atoms with Gasteiger partial charge in [0.25, 0.3) is 0 Å². The second kappa shape index (κ2) is 10.1. The number of benzene rings is 5. The van der Waals surface area contributed by atoms with Crippen LogP contribution in [0.3, 0.4) is 0 Å². The third-order valence-corrected chi connectivity index (χ3v) is 8.04. The molecular weight excluding hydrogens is 582 g/mol. The molecule has 0 unspecified atom stereocenters. The van der Waals surface area contributed by atoms with E-state index < -0.39 is 0 Å². The fourth-order valence-electron chi connectivity index (χ4n) is 5.69. The summed E-state index contributed by atoms with van der Waals surface area (Å²) in [5.41, 5.74) is 9.50. The van der Waals surface area contributed by atoms with Crippen LogP contribution in [-0.4, -0.2) is 15.0 Å². The van der Waals surface area contributed by atoms with Gasteiger partial charge in [-0.3, -0.25) is 4.98 Å². The molecule has 0 N–H and O–H groups in total. The Morgan fingerprint density at radius 1 is 0.524 bits per heavy atom. The number of nitrogens with zero attached hydrogens (tertiary/aromatic N) is 3. The summed E-state index contributed by atoms with van der Waals surface area (Å²) in [5.74, 6) is 0.670. The van der Waals surface area contributed by atoms with Crippen molar-refractivity contribution in [1.82, 2.24) is 15.0 Å². The van der Waals surface area contributed by atoms with E-state index in [-0.39, 0.29) is 0 Å². The molecule has 4 nitrogen and oxygen atoms in total. The van der Waals surface area contributed by atoms with Gasteiger partial charge < -0.3 is 4.42 Å². The van der Waals surface area contributed by atoms with Crippen molar-refractivity contribution in [3.8, 4) is 45.0 Å². The fourth-order valence-corrected chi connectivity index (χ4v) is 6.18. The molecule has 5 heteroatoms. The maximum Gasteiger partial charge on any atom is 0.160 e. The van der Waals surface area contributed by atoms with Crippen LogP contribution in [0.1, 0.15) is 0 Å². The zero-order chi connectivity index (χ0) is 28.0. The maximum atomic E-state index is 6.21. The zero-order valence-corrected chi connectivity index (χ0v) is 23.9. The molecule has 0 saturated heterocycles. The molecule has 0 radical (unpaired) electrons. The van der Waals surface area contributed by atoms with E-state index in [1.54, 1.807) is 0 Å². The van der Waals surface area contributed by atoms with Crippen molar-refractivity contribution < 1.29 is 4.42 Å². The first-order valence-electron chi connectivity index (χ1n) is 13.7. The lowest BCUT2D eigenvalue weighted by Gasteiger charge is -2.13. The van der Waals surface area contributed by atoms with Crippen LogP contribution in [0.15, 0.2) is 142 Å². The van der Waals surface area contributed by atoms with Gasteiger partial charge in [0, 0.05) is 43.5 Å². The fraction of sp³-hybridized carbons (Fsp3) is 0. The molecule has 0 bridgehead atoms. The van der Waals surface area contributed by atoms with Crippen LogP contribution in [0.5, 0.6) is 0 Å². The molecule has 198 valence electrons. The Morgan fingerprint density at radius 3 is 2.19 bits per heavy atom. The van der Waals surface area contributed by atoms with Crippen LogP contribution in [0.4, 0.5) is 0 Å². The van der Waals surface area contributed by atoms with Crippen LogP contribution >= 0.6 is 15.9 Å². The second-order valence-corrected chi connectivity index (χ2v) is 11.1. The van der Waals surface area contributed by atoms with Crippen LogP contribution in [-0.2, 0) is 0 Å². The molecule has 0 saturated carbocycles. The lowest BCUT2D eigenvalue weighted by Crippen LogP contribution is -1.96. The summed E-state index contributed by atoms with van der Waals surface area (Å²) in [6.07, 6.45) is 1.83. The number of para-hydroxylation sites is 1. The standard InChI is InChI=1S/C37H22BrN3O/c38-26-20-24(27-12-6-15-31-28(27)14-8-18-39-31)19-25(21-26)32-22-33(41-37(40-32)23-9-2-1-3-10-23)29-13-7-17-35-36(29)30-11-4-5-16-34(30)42-35/h1-22H. The van der Waals surface area contributed by atoms with Gasteiger partial charge in [-0.15, -0.1) is 0 Å². The number of hydrogen-bond acceptors (Lipinski definition) is 4. The van der Waals surface area contributed by atoms with Gasteiger partial charge in [-0.05, 0) is 59.7 Å². The van der Waals surface area contributed by atoms with E-state index in [4.69, 9.17) is 14.4 Å². The summed E-state index contributed by atoms with van der Waals surface area (Å²) in [7, 11) is 0. The van der Waals surface area contributed by atoms with E-state index in [9.17, 15) is 0 Å². The smallest absolute Gasteiger partial charge is 0.160 e. The maximum absolute atomic E-state index is 6.21. The highest BCUT2D eigenvalue weighted by Crippen LogP contribution is 2.39. The van der Waals surface area contributed by atoms with Crippen molar-refractivity contribution in [1.29, 1.82) is 0 Å². The summed E-state index contributed by atoms with van der Waals surface area (Å²) in [6.45, 7) is 0. The summed E-state index contributed by atoms with van der Waals surface area (Å²) in [5, 5.41) is 3.23. The minimum Gasteiger partial charge on any atom is -0.456 e. The van der Waals surface area contributed by atoms with Crippen LogP contribution < -0.4 is 0 Å². The number of fused-ring (bicyclic) bond motifs is 4. The first-order valence-corrected chi connectivity index (χ1v) is 14.5. The SMILES string of the molecule is Brc1cc(-c2cc(-c3cccc4oc5ccccc5c34)nc(-c3ccccc3)n2)cc(-c2cccc3ncccc23)c1. The predicted octanol–water partition coefficient (Wildman–Crippen LogP) is 10.4. The summed E-state index contributed by atoms with van der Waals surface area (Å²) < 4.78 is 7.18. The minimum atomic E-state index is 0.670. The Bertz CT molecular complexity index is 2270. The normalized spacial score (nSPS) is 11.5. The lowest BCUT2D eigenvalue weighted by atomic mass is 9.97. The van der Waals surface area contributed by atoms with E-state index in [2.05, 4.69) is 75.5 Å². The van der Waals surface area contributed by atoms with Gasteiger partial charge in [-0.25, -0.2) is 9.97 Å². The van der Waals surface area contributed by atoms with Gasteiger partial charge in [0.1, 0.15) is 11.2 Å². The Hall–Kier alpha value is -5.13. The van der Waals surface area contributed by atoms with Gasteiger partial charge >= 0.3 is 0 Å².